The number of allylic oxidation sites excluding steroid dienone is 4. The predicted octanol–water partition coefficient (Wildman–Crippen LogP) is 23.3. The second-order valence-electron chi connectivity index (χ2n) is 24.9. The van der Waals surface area contributed by atoms with Crippen molar-refractivity contribution < 1.29 is 24.5 Å². The zero-order valence-electron chi connectivity index (χ0n) is 53.6. The van der Waals surface area contributed by atoms with E-state index in [0.29, 0.717) is 25.9 Å². The fourth-order valence-electron chi connectivity index (χ4n) is 11.5. The topological polar surface area (TPSA) is 95.9 Å². The number of hydrogen-bond donors (Lipinski definition) is 3. The monoisotopic (exact) mass is 1110 g/mol. The smallest absolute Gasteiger partial charge is 0.305 e. The van der Waals surface area contributed by atoms with Crippen molar-refractivity contribution in [2.45, 2.75) is 418 Å². The number of aliphatic hydroxyl groups is 2. The highest BCUT2D eigenvalue weighted by molar-refractivity contribution is 5.76. The van der Waals surface area contributed by atoms with Crippen LogP contribution in [-0.4, -0.2) is 47.4 Å². The molecule has 6 heteroatoms. The van der Waals surface area contributed by atoms with Gasteiger partial charge in [-0.05, 0) is 77.0 Å². The van der Waals surface area contributed by atoms with Gasteiger partial charge in [0, 0.05) is 12.8 Å². The van der Waals surface area contributed by atoms with Crippen LogP contribution < -0.4 is 5.32 Å². The lowest BCUT2D eigenvalue weighted by Crippen LogP contribution is -2.45. The average Bonchev–Trinajstić information content (AvgIpc) is 3.45. The molecule has 0 spiro atoms. The van der Waals surface area contributed by atoms with Crippen LogP contribution >= 0.6 is 0 Å². The maximum Gasteiger partial charge on any atom is 0.305 e. The number of ether oxygens (including phenoxy) is 1. The van der Waals surface area contributed by atoms with Gasteiger partial charge in [0.05, 0.1) is 25.4 Å². The van der Waals surface area contributed by atoms with Crippen molar-refractivity contribution in [3.05, 3.63) is 24.3 Å². The van der Waals surface area contributed by atoms with Crippen LogP contribution in [0.2, 0.25) is 0 Å². The number of unbranched alkanes of at least 4 members (excludes halogenated alkanes) is 53. The number of carbonyl (C=O) groups is 2. The lowest BCUT2D eigenvalue weighted by Gasteiger charge is -2.22. The van der Waals surface area contributed by atoms with Crippen molar-refractivity contribution in [2.24, 2.45) is 0 Å². The van der Waals surface area contributed by atoms with E-state index in [1.165, 1.54) is 327 Å². The van der Waals surface area contributed by atoms with Crippen molar-refractivity contribution >= 4 is 11.9 Å². The quantitative estimate of drug-likeness (QED) is 0.0320. The Morgan fingerprint density at radius 1 is 0.342 bits per heavy atom. The number of esters is 1. The van der Waals surface area contributed by atoms with Gasteiger partial charge in [0.2, 0.25) is 5.91 Å². The van der Waals surface area contributed by atoms with E-state index in [1.807, 2.05) is 0 Å². The molecule has 0 aromatic rings. The molecule has 0 heterocycles. The highest BCUT2D eigenvalue weighted by atomic mass is 16.5. The van der Waals surface area contributed by atoms with Gasteiger partial charge in [-0.3, -0.25) is 9.59 Å². The first-order valence-electron chi connectivity index (χ1n) is 36.1. The molecule has 0 aliphatic carbocycles. The second-order valence-corrected chi connectivity index (χ2v) is 24.9. The molecule has 2 atom stereocenters. The summed E-state index contributed by atoms with van der Waals surface area (Å²) in [4.78, 5) is 24.6. The van der Waals surface area contributed by atoms with Gasteiger partial charge in [-0.1, -0.05) is 340 Å². The van der Waals surface area contributed by atoms with E-state index >= 15 is 0 Å². The lowest BCUT2D eigenvalue weighted by molar-refractivity contribution is -0.143. The fourth-order valence-corrected chi connectivity index (χ4v) is 11.5. The van der Waals surface area contributed by atoms with E-state index in [-0.39, 0.29) is 18.5 Å². The molecule has 2 unspecified atom stereocenters. The average molecular weight is 1110 g/mol. The van der Waals surface area contributed by atoms with Crippen LogP contribution in [0.1, 0.15) is 406 Å². The number of carbonyl (C=O) groups excluding carboxylic acids is 2. The maximum absolute atomic E-state index is 12.5. The molecule has 0 radical (unpaired) electrons. The van der Waals surface area contributed by atoms with Crippen molar-refractivity contribution in [1.29, 1.82) is 0 Å². The minimum atomic E-state index is -0.662. The standard InChI is InChI=1S/C73H141NO5/c1-3-5-7-9-11-13-15-17-18-38-42-45-49-53-57-61-65-71(76)70(69-75)74-72(77)66-62-58-54-50-46-43-39-36-34-32-30-28-26-24-22-20-19-21-23-25-27-29-31-33-35-37-40-44-48-52-56-60-64-68-79-73(78)67-63-59-55-51-47-41-16-14-12-10-8-6-4-2/h14,16,23,25,70-71,75-76H,3-13,15,17-22,24,26-69H2,1-2H3,(H,74,77)/b16-14-,25-23-. The number of hydrogen-bond acceptors (Lipinski definition) is 5. The summed E-state index contributed by atoms with van der Waals surface area (Å²) in [6.45, 7) is 4.97. The lowest BCUT2D eigenvalue weighted by atomic mass is 10.0. The fraction of sp³-hybridized carbons (Fsp3) is 0.918. The van der Waals surface area contributed by atoms with Crippen LogP contribution in [0, 0.1) is 0 Å². The molecule has 6 nitrogen and oxygen atoms in total. The van der Waals surface area contributed by atoms with E-state index in [2.05, 4.69) is 43.5 Å². The molecule has 0 aliphatic heterocycles. The molecule has 3 N–H and O–H groups in total. The molecule has 0 bridgehead atoms. The predicted molar refractivity (Wildman–Crippen MR) is 347 cm³/mol. The molecule has 0 aromatic heterocycles. The third-order valence-electron chi connectivity index (χ3n) is 17.0. The third kappa shape index (κ3) is 65.4. The Labute approximate surface area is 494 Å². The molecule has 1 amide bonds. The maximum atomic E-state index is 12.5. The van der Waals surface area contributed by atoms with E-state index in [0.717, 1.165) is 44.9 Å². The van der Waals surface area contributed by atoms with Crippen LogP contribution in [0.25, 0.3) is 0 Å². The number of aliphatic hydroxyl groups excluding tert-OH is 2. The summed E-state index contributed by atoms with van der Waals surface area (Å²) in [6, 6.07) is -0.539. The Morgan fingerprint density at radius 3 is 0.911 bits per heavy atom. The van der Waals surface area contributed by atoms with Gasteiger partial charge in [-0.2, -0.15) is 0 Å². The number of amides is 1. The van der Waals surface area contributed by atoms with Crippen LogP contribution in [0.4, 0.5) is 0 Å². The van der Waals surface area contributed by atoms with Crippen molar-refractivity contribution in [1.82, 2.24) is 5.32 Å². The Morgan fingerprint density at radius 2 is 0.595 bits per heavy atom. The summed E-state index contributed by atoms with van der Waals surface area (Å²) in [5, 5.41) is 23.4. The van der Waals surface area contributed by atoms with Crippen LogP contribution in [0.3, 0.4) is 0 Å². The first-order chi connectivity index (χ1) is 39.0. The minimum absolute atomic E-state index is 0.00998. The van der Waals surface area contributed by atoms with Gasteiger partial charge in [0.1, 0.15) is 0 Å². The molecule has 0 rings (SSSR count). The first-order valence-corrected chi connectivity index (χ1v) is 36.1. The Kier molecular flexibility index (Phi) is 67.4. The van der Waals surface area contributed by atoms with Gasteiger partial charge in [0.25, 0.3) is 0 Å². The molecular formula is C73H141NO5. The largest absolute Gasteiger partial charge is 0.466 e. The zero-order chi connectivity index (χ0) is 57.1. The van der Waals surface area contributed by atoms with Gasteiger partial charge in [-0.25, -0.2) is 0 Å². The van der Waals surface area contributed by atoms with Gasteiger partial charge < -0.3 is 20.3 Å². The minimum Gasteiger partial charge on any atom is -0.466 e. The normalized spacial score (nSPS) is 12.6. The second kappa shape index (κ2) is 68.8. The Balaban J connectivity index is 3.34. The summed E-state index contributed by atoms with van der Waals surface area (Å²) in [5.41, 5.74) is 0. The molecule has 0 aromatic carbocycles. The highest BCUT2D eigenvalue weighted by Gasteiger charge is 2.20. The Bertz CT molecular complexity index is 1230. The molecule has 0 saturated carbocycles. The summed E-state index contributed by atoms with van der Waals surface area (Å²) in [7, 11) is 0. The van der Waals surface area contributed by atoms with Gasteiger partial charge in [0.15, 0.2) is 0 Å². The number of rotatable bonds is 68. The van der Waals surface area contributed by atoms with Crippen LogP contribution in [0.15, 0.2) is 24.3 Å². The van der Waals surface area contributed by atoms with E-state index in [1.54, 1.807) is 0 Å². The summed E-state index contributed by atoms with van der Waals surface area (Å²) in [5.74, 6) is -0.0185. The molecule has 0 aliphatic rings. The SMILES string of the molecule is CCCCCC/C=C\CCCCCCCC(=O)OCCCCCCCCCCCCCC/C=C\CCCCCCCCCCCCCCCCCCCC(=O)NC(CO)C(O)CCCCCCCCCCCCCCCCCC. The summed E-state index contributed by atoms with van der Waals surface area (Å²) < 4.78 is 5.48. The van der Waals surface area contributed by atoms with E-state index in [9.17, 15) is 19.8 Å². The van der Waals surface area contributed by atoms with Crippen molar-refractivity contribution in [3.63, 3.8) is 0 Å². The van der Waals surface area contributed by atoms with E-state index in [4.69, 9.17) is 4.74 Å². The molecule has 0 fully saturated rings. The van der Waals surface area contributed by atoms with Crippen LogP contribution in [0.5, 0.6) is 0 Å². The number of nitrogens with one attached hydrogen (secondary N) is 1. The molecular weight excluding hydrogens is 971 g/mol. The molecule has 468 valence electrons. The molecule has 0 saturated heterocycles. The highest BCUT2D eigenvalue weighted by Crippen LogP contribution is 2.19. The van der Waals surface area contributed by atoms with E-state index < -0.39 is 12.1 Å². The van der Waals surface area contributed by atoms with Crippen LogP contribution in [-0.2, 0) is 14.3 Å². The van der Waals surface area contributed by atoms with Crippen molar-refractivity contribution in [2.75, 3.05) is 13.2 Å². The summed E-state index contributed by atoms with van der Waals surface area (Å²) >= 11 is 0. The van der Waals surface area contributed by atoms with Gasteiger partial charge >= 0.3 is 5.97 Å². The molecule has 79 heavy (non-hydrogen) atoms. The summed E-state index contributed by atoms with van der Waals surface area (Å²) in [6.07, 6.45) is 86.7. The zero-order valence-corrected chi connectivity index (χ0v) is 53.6. The van der Waals surface area contributed by atoms with Crippen molar-refractivity contribution in [3.8, 4) is 0 Å². The first kappa shape index (κ1) is 77.3. The third-order valence-corrected chi connectivity index (χ3v) is 17.0. The van der Waals surface area contributed by atoms with Gasteiger partial charge in [-0.15, -0.1) is 0 Å². The Hall–Kier alpha value is -1.66.